The van der Waals surface area contributed by atoms with Crippen molar-refractivity contribution < 1.29 is 14.3 Å². The van der Waals surface area contributed by atoms with Crippen LogP contribution in [0.4, 0.5) is 0 Å². The van der Waals surface area contributed by atoms with Crippen LogP contribution in [0.5, 0.6) is 5.75 Å². The summed E-state index contributed by atoms with van der Waals surface area (Å²) in [5, 5.41) is 9.82. The van der Waals surface area contributed by atoms with Gasteiger partial charge in [0.2, 0.25) is 0 Å². The Bertz CT molecular complexity index is 739. The highest BCUT2D eigenvalue weighted by Crippen LogP contribution is 2.21. The normalized spacial score (nSPS) is 13.5. The average molecular weight is 314 g/mol. The van der Waals surface area contributed by atoms with Gasteiger partial charge >= 0.3 is 0 Å². The topological polar surface area (TPSA) is 85.2 Å². The Balaban J connectivity index is 1.64. The second-order valence-electron chi connectivity index (χ2n) is 5.30. The number of rotatable bonds is 4. The van der Waals surface area contributed by atoms with Crippen LogP contribution in [0.15, 0.2) is 30.5 Å². The lowest BCUT2D eigenvalue weighted by molar-refractivity contribution is 0.0953. The van der Waals surface area contributed by atoms with Crippen LogP contribution in [0, 0.1) is 0 Å². The molecule has 0 fully saturated rings. The third-order valence-corrected chi connectivity index (χ3v) is 3.57. The van der Waals surface area contributed by atoms with Crippen molar-refractivity contribution in [2.45, 2.75) is 6.42 Å². The van der Waals surface area contributed by atoms with Crippen molar-refractivity contribution in [2.24, 2.45) is 7.05 Å². The first-order chi connectivity index (χ1) is 11.1. The summed E-state index contributed by atoms with van der Waals surface area (Å²) in [5.74, 6) is 0.0615. The van der Waals surface area contributed by atoms with E-state index < -0.39 is 0 Å². The van der Waals surface area contributed by atoms with Gasteiger partial charge in [-0.05, 0) is 24.3 Å². The minimum absolute atomic E-state index is 0.222. The Morgan fingerprint density at radius 3 is 3.09 bits per heavy atom. The van der Waals surface area contributed by atoms with Crippen molar-refractivity contribution in [3.8, 4) is 5.75 Å². The van der Waals surface area contributed by atoms with E-state index in [4.69, 9.17) is 4.74 Å². The van der Waals surface area contributed by atoms with Gasteiger partial charge in [0, 0.05) is 31.8 Å². The van der Waals surface area contributed by atoms with Crippen molar-refractivity contribution in [2.75, 3.05) is 19.7 Å². The summed E-state index contributed by atoms with van der Waals surface area (Å²) in [6, 6.07) is 6.80. The van der Waals surface area contributed by atoms with Gasteiger partial charge in [-0.2, -0.15) is 5.10 Å². The van der Waals surface area contributed by atoms with E-state index in [-0.39, 0.29) is 11.8 Å². The highest BCUT2D eigenvalue weighted by molar-refractivity contribution is 6.01. The molecule has 2 aromatic rings. The third kappa shape index (κ3) is 3.50. The Morgan fingerprint density at radius 1 is 1.43 bits per heavy atom. The zero-order valence-corrected chi connectivity index (χ0v) is 12.8. The fourth-order valence-electron chi connectivity index (χ4n) is 2.40. The predicted molar refractivity (Wildman–Crippen MR) is 83.5 cm³/mol. The number of benzene rings is 1. The Morgan fingerprint density at radius 2 is 2.30 bits per heavy atom. The average Bonchev–Trinajstić information content (AvgIpc) is 2.87. The largest absolute Gasteiger partial charge is 0.491 e. The van der Waals surface area contributed by atoms with E-state index in [2.05, 4.69) is 15.7 Å². The lowest BCUT2D eigenvalue weighted by Gasteiger charge is -2.08. The van der Waals surface area contributed by atoms with Gasteiger partial charge in [-0.25, -0.2) is 0 Å². The third-order valence-electron chi connectivity index (χ3n) is 3.57. The summed E-state index contributed by atoms with van der Waals surface area (Å²) in [7, 11) is 1.85. The summed E-state index contributed by atoms with van der Waals surface area (Å²) in [6.07, 6.45) is 2.52. The van der Waals surface area contributed by atoms with Crippen LogP contribution in [0.3, 0.4) is 0 Å². The van der Waals surface area contributed by atoms with Gasteiger partial charge in [-0.1, -0.05) is 0 Å². The molecule has 7 nitrogen and oxygen atoms in total. The van der Waals surface area contributed by atoms with Gasteiger partial charge < -0.3 is 15.4 Å². The zero-order chi connectivity index (χ0) is 16.2. The lowest BCUT2D eigenvalue weighted by Crippen LogP contribution is -2.27. The fraction of sp³-hybridized carbons (Fsp3) is 0.312. The smallest absolute Gasteiger partial charge is 0.255 e. The summed E-state index contributed by atoms with van der Waals surface area (Å²) in [5.41, 5.74) is 1.74. The second-order valence-corrected chi connectivity index (χ2v) is 5.30. The Labute approximate surface area is 133 Å². The van der Waals surface area contributed by atoms with Gasteiger partial charge in [-0.15, -0.1) is 0 Å². The number of aromatic nitrogens is 2. The molecule has 0 saturated heterocycles. The summed E-state index contributed by atoms with van der Waals surface area (Å²) < 4.78 is 7.19. The molecule has 2 N–H and O–H groups in total. The van der Waals surface area contributed by atoms with E-state index in [0.717, 1.165) is 5.69 Å². The van der Waals surface area contributed by atoms with Crippen LogP contribution in [0.2, 0.25) is 0 Å². The minimum atomic E-state index is -0.222. The molecular formula is C16H18N4O3. The zero-order valence-electron chi connectivity index (χ0n) is 12.8. The molecule has 3 rings (SSSR count). The van der Waals surface area contributed by atoms with Gasteiger partial charge in [-0.3, -0.25) is 14.3 Å². The molecule has 0 radical (unpaired) electrons. The second kappa shape index (κ2) is 6.51. The molecule has 0 spiro atoms. The monoisotopic (exact) mass is 314 g/mol. The van der Waals surface area contributed by atoms with E-state index in [1.807, 2.05) is 19.3 Å². The molecule has 7 heteroatoms. The maximum atomic E-state index is 12.2. The summed E-state index contributed by atoms with van der Waals surface area (Å²) >= 11 is 0. The van der Waals surface area contributed by atoms with Crippen molar-refractivity contribution in [3.05, 3.63) is 47.3 Å². The molecule has 1 aliphatic heterocycles. The first-order valence-corrected chi connectivity index (χ1v) is 7.45. The van der Waals surface area contributed by atoms with E-state index in [0.29, 0.717) is 43.0 Å². The molecule has 0 bridgehead atoms. The number of carbonyl (C=O) groups excluding carboxylic acids is 2. The van der Waals surface area contributed by atoms with Gasteiger partial charge in [0.15, 0.2) is 0 Å². The molecule has 1 aromatic heterocycles. The van der Waals surface area contributed by atoms with E-state index in [1.165, 1.54) is 0 Å². The molecule has 2 heterocycles. The SMILES string of the molecule is Cn1ccc(CCNC(=O)c2ccc3c(c2)C(=O)NCCO3)n1. The number of amides is 2. The molecular weight excluding hydrogens is 296 g/mol. The van der Waals surface area contributed by atoms with Crippen LogP contribution in [-0.4, -0.2) is 41.3 Å². The molecule has 0 saturated carbocycles. The maximum Gasteiger partial charge on any atom is 0.255 e. The number of fused-ring (bicyclic) bond motifs is 1. The highest BCUT2D eigenvalue weighted by atomic mass is 16.5. The van der Waals surface area contributed by atoms with Crippen molar-refractivity contribution >= 4 is 11.8 Å². The quantitative estimate of drug-likeness (QED) is 0.861. The van der Waals surface area contributed by atoms with Gasteiger partial charge in [0.05, 0.1) is 17.8 Å². The molecule has 0 aliphatic carbocycles. The Hall–Kier alpha value is -2.83. The predicted octanol–water partition coefficient (Wildman–Crippen LogP) is 0.515. The molecule has 0 atom stereocenters. The van der Waals surface area contributed by atoms with Crippen LogP contribution < -0.4 is 15.4 Å². The summed E-state index contributed by atoms with van der Waals surface area (Å²) in [6.45, 7) is 1.36. The van der Waals surface area contributed by atoms with Crippen molar-refractivity contribution in [3.63, 3.8) is 0 Å². The lowest BCUT2D eigenvalue weighted by atomic mass is 10.1. The summed E-state index contributed by atoms with van der Waals surface area (Å²) in [4.78, 5) is 24.2. The van der Waals surface area contributed by atoms with E-state index in [1.54, 1.807) is 22.9 Å². The van der Waals surface area contributed by atoms with Crippen LogP contribution in [0.1, 0.15) is 26.4 Å². The fourth-order valence-corrected chi connectivity index (χ4v) is 2.40. The number of hydrogen-bond donors (Lipinski definition) is 2. The number of nitrogens with zero attached hydrogens (tertiary/aromatic N) is 2. The van der Waals surface area contributed by atoms with Crippen LogP contribution >= 0.6 is 0 Å². The molecule has 0 unspecified atom stereocenters. The van der Waals surface area contributed by atoms with E-state index >= 15 is 0 Å². The first kappa shape index (κ1) is 15.1. The van der Waals surface area contributed by atoms with Gasteiger partial charge in [0.25, 0.3) is 11.8 Å². The molecule has 2 amide bonds. The minimum Gasteiger partial charge on any atom is -0.491 e. The number of aryl methyl sites for hydroxylation is 1. The van der Waals surface area contributed by atoms with Crippen molar-refractivity contribution in [1.29, 1.82) is 0 Å². The number of ether oxygens (including phenoxy) is 1. The number of nitrogens with one attached hydrogen (secondary N) is 2. The standard InChI is InChI=1S/C16H18N4O3/c1-20-8-5-12(19-20)4-6-17-15(21)11-2-3-14-13(10-11)16(22)18-7-9-23-14/h2-3,5,8,10H,4,6-7,9H2,1H3,(H,17,21)(H,18,22). The highest BCUT2D eigenvalue weighted by Gasteiger charge is 2.18. The van der Waals surface area contributed by atoms with Gasteiger partial charge in [0.1, 0.15) is 12.4 Å². The van der Waals surface area contributed by atoms with E-state index in [9.17, 15) is 9.59 Å². The first-order valence-electron chi connectivity index (χ1n) is 7.45. The molecule has 23 heavy (non-hydrogen) atoms. The maximum absolute atomic E-state index is 12.2. The molecule has 1 aliphatic rings. The Kier molecular flexibility index (Phi) is 4.27. The van der Waals surface area contributed by atoms with Crippen LogP contribution in [0.25, 0.3) is 0 Å². The molecule has 1 aromatic carbocycles. The van der Waals surface area contributed by atoms with Crippen molar-refractivity contribution in [1.82, 2.24) is 20.4 Å². The molecule has 120 valence electrons. The van der Waals surface area contributed by atoms with Crippen LogP contribution in [-0.2, 0) is 13.5 Å². The number of carbonyl (C=O) groups is 2. The number of hydrogen-bond acceptors (Lipinski definition) is 4.